The maximum atomic E-state index is 10.1. The average molecular weight is 212 g/mol. The number of rotatable bonds is 5. The number of hydrogen-bond donors (Lipinski definition) is 1. The predicted octanol–water partition coefficient (Wildman–Crippen LogP) is 2.46. The highest BCUT2D eigenvalue weighted by Crippen LogP contribution is 2.50. The van der Waals surface area contributed by atoms with Crippen LogP contribution in [0.25, 0.3) is 0 Å². The van der Waals surface area contributed by atoms with Crippen molar-refractivity contribution in [3.05, 3.63) is 0 Å². The molecule has 0 saturated heterocycles. The van der Waals surface area contributed by atoms with Gasteiger partial charge < -0.3 is 9.84 Å². The van der Waals surface area contributed by atoms with E-state index >= 15 is 0 Å². The van der Waals surface area contributed by atoms with Crippen LogP contribution in [0, 0.1) is 23.7 Å². The first-order valence-electron chi connectivity index (χ1n) is 6.37. The van der Waals surface area contributed by atoms with Gasteiger partial charge in [-0.25, -0.2) is 0 Å². The Kier molecular flexibility index (Phi) is 3.68. The van der Waals surface area contributed by atoms with E-state index in [2.05, 4.69) is 6.92 Å². The van der Waals surface area contributed by atoms with E-state index in [9.17, 15) is 5.11 Å². The van der Waals surface area contributed by atoms with E-state index in [-0.39, 0.29) is 12.0 Å². The molecule has 0 aliphatic heterocycles. The minimum Gasteiger partial charge on any atom is -0.393 e. The molecule has 88 valence electrons. The molecule has 2 rings (SSSR count). The fourth-order valence-corrected chi connectivity index (χ4v) is 3.58. The fourth-order valence-electron chi connectivity index (χ4n) is 3.58. The van der Waals surface area contributed by atoms with Gasteiger partial charge in [0.25, 0.3) is 0 Å². The Balaban J connectivity index is 1.77. The third-order valence-electron chi connectivity index (χ3n) is 4.52. The monoisotopic (exact) mass is 212 g/mol. The summed E-state index contributed by atoms with van der Waals surface area (Å²) in [5.41, 5.74) is 0. The second-order valence-electron chi connectivity index (χ2n) is 5.67. The van der Waals surface area contributed by atoms with E-state index in [1.165, 1.54) is 25.7 Å². The van der Waals surface area contributed by atoms with Crippen molar-refractivity contribution < 1.29 is 9.84 Å². The van der Waals surface area contributed by atoms with Gasteiger partial charge in [-0.3, -0.25) is 0 Å². The number of methoxy groups -OCH3 is 1. The van der Waals surface area contributed by atoms with Gasteiger partial charge in [-0.05, 0) is 43.4 Å². The van der Waals surface area contributed by atoms with Crippen LogP contribution in [0.1, 0.15) is 39.0 Å². The highest BCUT2D eigenvalue weighted by molar-refractivity contribution is 4.91. The van der Waals surface area contributed by atoms with Crippen LogP contribution in [0.5, 0.6) is 0 Å². The van der Waals surface area contributed by atoms with Crippen molar-refractivity contribution in [2.24, 2.45) is 23.7 Å². The normalized spacial score (nSPS) is 38.2. The zero-order valence-corrected chi connectivity index (χ0v) is 9.98. The van der Waals surface area contributed by atoms with Crippen molar-refractivity contribution in [1.29, 1.82) is 0 Å². The molecule has 0 aromatic rings. The highest BCUT2D eigenvalue weighted by atomic mass is 16.5. The summed E-state index contributed by atoms with van der Waals surface area (Å²) in [7, 11) is 1.71. The van der Waals surface area contributed by atoms with E-state index in [1.54, 1.807) is 7.11 Å². The van der Waals surface area contributed by atoms with Crippen molar-refractivity contribution >= 4 is 0 Å². The largest absolute Gasteiger partial charge is 0.393 e. The molecule has 0 spiro atoms. The SMILES string of the molecule is COCC(C)C(O)CC1CC2CCC1C2. The van der Waals surface area contributed by atoms with Gasteiger partial charge in [0.05, 0.1) is 12.7 Å². The molecule has 2 fully saturated rings. The predicted molar refractivity (Wildman–Crippen MR) is 60.6 cm³/mol. The maximum absolute atomic E-state index is 10.1. The van der Waals surface area contributed by atoms with Crippen LogP contribution in [0.4, 0.5) is 0 Å². The number of fused-ring (bicyclic) bond motifs is 2. The molecule has 2 nitrogen and oxygen atoms in total. The summed E-state index contributed by atoms with van der Waals surface area (Å²) in [6.07, 6.45) is 6.53. The standard InChI is InChI=1S/C13H24O2/c1-9(8-15-2)13(14)7-12-6-10-3-4-11(12)5-10/h9-14H,3-8H2,1-2H3. The van der Waals surface area contributed by atoms with Crippen molar-refractivity contribution in [2.45, 2.75) is 45.1 Å². The van der Waals surface area contributed by atoms with Gasteiger partial charge >= 0.3 is 0 Å². The smallest absolute Gasteiger partial charge is 0.0590 e. The molecule has 5 unspecified atom stereocenters. The summed E-state index contributed by atoms with van der Waals surface area (Å²) < 4.78 is 5.09. The van der Waals surface area contributed by atoms with Crippen molar-refractivity contribution in [1.82, 2.24) is 0 Å². The number of aliphatic hydroxyl groups is 1. The molecule has 0 heterocycles. The molecule has 2 aliphatic carbocycles. The number of ether oxygens (including phenoxy) is 1. The molecule has 1 N–H and O–H groups in total. The van der Waals surface area contributed by atoms with Gasteiger partial charge in [0.15, 0.2) is 0 Å². The van der Waals surface area contributed by atoms with Crippen LogP contribution in [-0.2, 0) is 4.74 Å². The van der Waals surface area contributed by atoms with Crippen LogP contribution < -0.4 is 0 Å². The Morgan fingerprint density at radius 3 is 2.67 bits per heavy atom. The summed E-state index contributed by atoms with van der Waals surface area (Å²) in [4.78, 5) is 0. The van der Waals surface area contributed by atoms with Gasteiger partial charge in [0.1, 0.15) is 0 Å². The Labute approximate surface area is 93.0 Å². The van der Waals surface area contributed by atoms with E-state index in [1.807, 2.05) is 0 Å². The summed E-state index contributed by atoms with van der Waals surface area (Å²) in [5, 5.41) is 10.1. The zero-order chi connectivity index (χ0) is 10.8. The maximum Gasteiger partial charge on any atom is 0.0590 e. The molecule has 5 atom stereocenters. The zero-order valence-electron chi connectivity index (χ0n) is 9.98. The topological polar surface area (TPSA) is 29.5 Å². The van der Waals surface area contributed by atoms with E-state index < -0.39 is 0 Å². The molecular formula is C13H24O2. The van der Waals surface area contributed by atoms with E-state index in [0.29, 0.717) is 6.61 Å². The van der Waals surface area contributed by atoms with Crippen LogP contribution in [-0.4, -0.2) is 24.9 Å². The summed E-state index contributed by atoms with van der Waals surface area (Å²) in [6, 6.07) is 0. The first kappa shape index (κ1) is 11.4. The quantitative estimate of drug-likeness (QED) is 0.758. The lowest BCUT2D eigenvalue weighted by atomic mass is 9.83. The molecular weight excluding hydrogens is 188 g/mol. The summed E-state index contributed by atoms with van der Waals surface area (Å²) >= 11 is 0. The lowest BCUT2D eigenvalue weighted by molar-refractivity contribution is 0.0350. The van der Waals surface area contributed by atoms with Crippen LogP contribution in [0.15, 0.2) is 0 Å². The van der Waals surface area contributed by atoms with Crippen LogP contribution in [0.3, 0.4) is 0 Å². The lowest BCUT2D eigenvalue weighted by Crippen LogP contribution is -2.26. The minimum atomic E-state index is -0.158. The molecule has 2 aliphatic rings. The van der Waals surface area contributed by atoms with Gasteiger partial charge in [-0.2, -0.15) is 0 Å². The first-order valence-corrected chi connectivity index (χ1v) is 6.37. The van der Waals surface area contributed by atoms with Crippen molar-refractivity contribution in [3.63, 3.8) is 0 Å². The molecule has 2 saturated carbocycles. The first-order chi connectivity index (χ1) is 7.20. The van der Waals surface area contributed by atoms with Gasteiger partial charge in [-0.15, -0.1) is 0 Å². The Morgan fingerprint density at radius 1 is 1.33 bits per heavy atom. The molecule has 2 heteroatoms. The molecule has 0 radical (unpaired) electrons. The number of aliphatic hydroxyl groups excluding tert-OH is 1. The lowest BCUT2D eigenvalue weighted by Gasteiger charge is -2.26. The second-order valence-corrected chi connectivity index (χ2v) is 5.67. The molecule has 15 heavy (non-hydrogen) atoms. The van der Waals surface area contributed by atoms with Crippen LogP contribution in [0.2, 0.25) is 0 Å². The molecule has 0 aromatic carbocycles. The second kappa shape index (κ2) is 4.84. The Morgan fingerprint density at radius 2 is 2.13 bits per heavy atom. The molecule has 2 bridgehead atoms. The van der Waals surface area contributed by atoms with Gasteiger partial charge in [0.2, 0.25) is 0 Å². The number of hydrogen-bond acceptors (Lipinski definition) is 2. The average Bonchev–Trinajstić information content (AvgIpc) is 2.79. The Hall–Kier alpha value is -0.0800. The van der Waals surface area contributed by atoms with E-state index in [0.717, 1.165) is 24.2 Å². The third-order valence-corrected chi connectivity index (χ3v) is 4.52. The van der Waals surface area contributed by atoms with Crippen molar-refractivity contribution in [2.75, 3.05) is 13.7 Å². The molecule has 0 aromatic heterocycles. The highest BCUT2D eigenvalue weighted by Gasteiger charge is 2.40. The molecule has 0 amide bonds. The fraction of sp³-hybridized carbons (Fsp3) is 1.00. The van der Waals surface area contributed by atoms with Crippen molar-refractivity contribution in [3.8, 4) is 0 Å². The van der Waals surface area contributed by atoms with E-state index in [4.69, 9.17) is 4.74 Å². The summed E-state index contributed by atoms with van der Waals surface area (Å²) in [6.45, 7) is 2.77. The summed E-state index contributed by atoms with van der Waals surface area (Å²) in [5.74, 6) is 3.01. The van der Waals surface area contributed by atoms with Gasteiger partial charge in [-0.1, -0.05) is 13.3 Å². The third kappa shape index (κ3) is 2.54. The van der Waals surface area contributed by atoms with Crippen LogP contribution >= 0.6 is 0 Å². The Bertz CT molecular complexity index is 205. The van der Waals surface area contributed by atoms with Gasteiger partial charge in [0, 0.05) is 13.0 Å². The minimum absolute atomic E-state index is 0.158.